The molecule has 0 spiro atoms. The number of nitrogen functional groups attached to an aromatic ring is 1. The average molecular weight is 371 g/mol. The molecule has 0 aliphatic heterocycles. The Hall–Kier alpha value is -4.02. The van der Waals surface area contributed by atoms with Crippen LogP contribution in [-0.2, 0) is 0 Å². The summed E-state index contributed by atoms with van der Waals surface area (Å²) in [5.41, 5.74) is 14.4. The van der Waals surface area contributed by atoms with E-state index in [0.29, 0.717) is 0 Å². The third-order valence-corrected chi connectivity index (χ3v) is 4.91. The van der Waals surface area contributed by atoms with Crippen molar-refractivity contribution in [3.8, 4) is 12.3 Å². The van der Waals surface area contributed by atoms with Crippen molar-refractivity contribution in [3.05, 3.63) is 137 Å². The van der Waals surface area contributed by atoms with Gasteiger partial charge in [0.05, 0.1) is 0 Å². The van der Waals surface area contributed by atoms with E-state index in [-0.39, 0.29) is 0 Å². The fraction of sp³-hybridized carbons (Fsp3) is 0. The molecule has 0 aliphatic rings. The lowest BCUT2D eigenvalue weighted by Gasteiger charge is -2.18. The van der Waals surface area contributed by atoms with Gasteiger partial charge in [-0.15, -0.1) is 6.42 Å². The molecule has 0 saturated heterocycles. The van der Waals surface area contributed by atoms with Crippen molar-refractivity contribution in [3.63, 3.8) is 0 Å². The smallest absolute Gasteiger partial charge is 0.0314 e. The Morgan fingerprint density at radius 3 is 1.31 bits per heavy atom. The lowest BCUT2D eigenvalue weighted by atomic mass is 9.85. The Morgan fingerprint density at radius 1 is 0.517 bits per heavy atom. The molecule has 0 aliphatic carbocycles. The number of hydrogen-bond acceptors (Lipinski definition) is 1. The van der Waals surface area contributed by atoms with Crippen molar-refractivity contribution >= 4 is 16.8 Å². The summed E-state index contributed by atoms with van der Waals surface area (Å²) in [5, 5.41) is 0. The van der Waals surface area contributed by atoms with Crippen LogP contribution in [0.4, 0.5) is 5.69 Å². The molecule has 0 saturated carbocycles. The van der Waals surface area contributed by atoms with E-state index in [1.54, 1.807) is 0 Å². The summed E-state index contributed by atoms with van der Waals surface area (Å²) in [6.45, 7) is 0. The first-order chi connectivity index (χ1) is 14.3. The third kappa shape index (κ3) is 3.98. The predicted octanol–water partition coefficient (Wildman–Crippen LogP) is 6.26. The van der Waals surface area contributed by atoms with Crippen LogP contribution in [0.3, 0.4) is 0 Å². The Bertz CT molecular complexity index is 1160. The molecule has 29 heavy (non-hydrogen) atoms. The van der Waals surface area contributed by atoms with Crippen molar-refractivity contribution in [1.29, 1.82) is 0 Å². The van der Waals surface area contributed by atoms with E-state index in [0.717, 1.165) is 44.7 Å². The van der Waals surface area contributed by atoms with Crippen LogP contribution in [0.2, 0.25) is 0 Å². The monoisotopic (exact) mass is 371 g/mol. The van der Waals surface area contributed by atoms with Crippen LogP contribution in [0, 0.1) is 12.3 Å². The summed E-state index contributed by atoms with van der Waals surface area (Å²) < 4.78 is 0. The summed E-state index contributed by atoms with van der Waals surface area (Å²) in [7, 11) is 0. The van der Waals surface area contributed by atoms with Crippen LogP contribution in [0.25, 0.3) is 11.1 Å². The molecule has 0 heterocycles. The molecule has 2 N–H and O–H groups in total. The molecular weight excluding hydrogens is 350 g/mol. The van der Waals surface area contributed by atoms with E-state index >= 15 is 0 Å². The van der Waals surface area contributed by atoms with E-state index in [1.165, 1.54) is 0 Å². The molecule has 1 heteroatoms. The normalized spacial score (nSPS) is 11.4. The second-order valence-corrected chi connectivity index (χ2v) is 6.83. The van der Waals surface area contributed by atoms with Crippen molar-refractivity contribution in [2.45, 2.75) is 0 Å². The number of rotatable bonds is 4. The van der Waals surface area contributed by atoms with Crippen LogP contribution in [0.15, 0.2) is 109 Å². The Labute approximate surface area is 172 Å². The highest BCUT2D eigenvalue weighted by Gasteiger charge is 2.16. The van der Waals surface area contributed by atoms with Gasteiger partial charge in [-0.1, -0.05) is 90.8 Å². The third-order valence-electron chi connectivity index (χ3n) is 4.91. The zero-order valence-electron chi connectivity index (χ0n) is 16.0. The Balaban J connectivity index is 2.07. The maximum Gasteiger partial charge on any atom is 0.0314 e. The SMILES string of the molecule is C#Cc1ccc(/C(=C(\c2ccccc2)c2ccc(N)cc2)c2ccccc2)cc1. The second kappa shape index (κ2) is 8.33. The van der Waals surface area contributed by atoms with Crippen LogP contribution in [0.1, 0.15) is 27.8 Å². The molecule has 4 aromatic carbocycles. The largest absolute Gasteiger partial charge is 0.399 e. The molecular formula is C28H21N. The average Bonchev–Trinajstić information content (AvgIpc) is 2.79. The van der Waals surface area contributed by atoms with Gasteiger partial charge in [0.2, 0.25) is 0 Å². The van der Waals surface area contributed by atoms with Crippen LogP contribution in [-0.4, -0.2) is 0 Å². The minimum Gasteiger partial charge on any atom is -0.399 e. The van der Waals surface area contributed by atoms with Crippen LogP contribution in [0.5, 0.6) is 0 Å². The van der Waals surface area contributed by atoms with E-state index in [1.807, 2.05) is 36.4 Å². The second-order valence-electron chi connectivity index (χ2n) is 6.83. The minimum atomic E-state index is 0.751. The molecule has 0 amide bonds. The highest BCUT2D eigenvalue weighted by atomic mass is 14.5. The predicted molar refractivity (Wildman–Crippen MR) is 123 cm³/mol. The maximum atomic E-state index is 5.96. The molecule has 138 valence electrons. The first kappa shape index (κ1) is 18.3. The first-order valence-corrected chi connectivity index (χ1v) is 9.54. The van der Waals surface area contributed by atoms with Crippen molar-refractivity contribution < 1.29 is 0 Å². The lowest BCUT2D eigenvalue weighted by molar-refractivity contribution is 1.49. The van der Waals surface area contributed by atoms with Gasteiger partial charge in [-0.25, -0.2) is 0 Å². The zero-order chi connectivity index (χ0) is 20.1. The minimum absolute atomic E-state index is 0.751. The van der Waals surface area contributed by atoms with Gasteiger partial charge in [0, 0.05) is 11.3 Å². The number of terminal acetylenes is 1. The number of hydrogen-bond donors (Lipinski definition) is 1. The molecule has 0 fully saturated rings. The van der Waals surface area contributed by atoms with Gasteiger partial charge in [-0.05, 0) is 57.7 Å². The van der Waals surface area contributed by atoms with Gasteiger partial charge in [0.1, 0.15) is 0 Å². The van der Waals surface area contributed by atoms with Gasteiger partial charge in [-0.3, -0.25) is 0 Å². The van der Waals surface area contributed by atoms with E-state index < -0.39 is 0 Å². The fourth-order valence-corrected chi connectivity index (χ4v) is 3.50. The zero-order valence-corrected chi connectivity index (χ0v) is 16.0. The van der Waals surface area contributed by atoms with Crippen molar-refractivity contribution in [2.75, 3.05) is 5.73 Å². The number of nitrogens with two attached hydrogens (primary N) is 1. The van der Waals surface area contributed by atoms with Gasteiger partial charge in [0.25, 0.3) is 0 Å². The van der Waals surface area contributed by atoms with Gasteiger partial charge in [-0.2, -0.15) is 0 Å². The first-order valence-electron chi connectivity index (χ1n) is 9.54. The molecule has 0 bridgehead atoms. The van der Waals surface area contributed by atoms with Gasteiger partial charge < -0.3 is 5.73 Å². The standard InChI is InChI=1S/C28H21N/c1-2-21-13-15-24(16-14-21)27(22-9-5-3-6-10-22)28(23-11-7-4-8-12-23)25-17-19-26(29)20-18-25/h1,3-20H,29H2/b28-27+. The number of benzene rings is 4. The van der Waals surface area contributed by atoms with Crippen molar-refractivity contribution in [1.82, 2.24) is 0 Å². The van der Waals surface area contributed by atoms with Crippen molar-refractivity contribution in [2.24, 2.45) is 0 Å². The fourth-order valence-electron chi connectivity index (χ4n) is 3.50. The number of anilines is 1. The summed E-state index contributed by atoms with van der Waals surface area (Å²) in [4.78, 5) is 0. The molecule has 0 unspecified atom stereocenters. The molecule has 0 atom stereocenters. The molecule has 0 radical (unpaired) electrons. The van der Waals surface area contributed by atoms with Gasteiger partial charge in [0.15, 0.2) is 0 Å². The summed E-state index contributed by atoms with van der Waals surface area (Å²) in [6.07, 6.45) is 5.57. The molecule has 4 aromatic rings. The van der Waals surface area contributed by atoms with Gasteiger partial charge >= 0.3 is 0 Å². The Morgan fingerprint density at radius 2 is 0.897 bits per heavy atom. The van der Waals surface area contributed by atoms with E-state index in [2.05, 4.69) is 78.7 Å². The van der Waals surface area contributed by atoms with Crippen LogP contribution >= 0.6 is 0 Å². The maximum absolute atomic E-state index is 5.96. The molecule has 0 aromatic heterocycles. The lowest BCUT2D eigenvalue weighted by Crippen LogP contribution is -1.98. The van der Waals surface area contributed by atoms with Crippen LogP contribution < -0.4 is 5.73 Å². The Kier molecular flexibility index (Phi) is 5.27. The molecule has 4 rings (SSSR count). The summed E-state index contributed by atoms with van der Waals surface area (Å²) in [5.74, 6) is 2.70. The summed E-state index contributed by atoms with van der Waals surface area (Å²) >= 11 is 0. The van der Waals surface area contributed by atoms with E-state index in [9.17, 15) is 0 Å². The van der Waals surface area contributed by atoms with E-state index in [4.69, 9.17) is 12.2 Å². The molecule has 1 nitrogen and oxygen atoms in total. The highest BCUT2D eigenvalue weighted by Crippen LogP contribution is 2.37. The summed E-state index contributed by atoms with van der Waals surface area (Å²) in [6, 6.07) is 37.1. The topological polar surface area (TPSA) is 26.0 Å². The quantitative estimate of drug-likeness (QED) is 0.256. The highest BCUT2D eigenvalue weighted by molar-refractivity contribution is 6.04.